The first-order chi connectivity index (χ1) is 6.75. The molecule has 2 unspecified atom stereocenters. The Labute approximate surface area is 87.6 Å². The van der Waals surface area contributed by atoms with E-state index in [-0.39, 0.29) is 0 Å². The molecule has 0 spiro atoms. The van der Waals surface area contributed by atoms with Crippen LogP contribution >= 0.6 is 0 Å². The molecule has 0 N–H and O–H groups in total. The van der Waals surface area contributed by atoms with Crippen molar-refractivity contribution in [3.63, 3.8) is 0 Å². The molecule has 0 bridgehead atoms. The molecule has 2 saturated heterocycles. The molecule has 2 atom stereocenters. The summed E-state index contributed by atoms with van der Waals surface area (Å²) >= 11 is 0. The number of hydrogen-bond donors (Lipinski definition) is 0. The van der Waals surface area contributed by atoms with E-state index < -0.39 is 0 Å². The fraction of sp³-hybridized carbons (Fsp3) is 1.00. The van der Waals surface area contributed by atoms with Gasteiger partial charge in [-0.15, -0.1) is 0 Å². The van der Waals surface area contributed by atoms with Gasteiger partial charge in [0.15, 0.2) is 0 Å². The summed E-state index contributed by atoms with van der Waals surface area (Å²) < 4.78 is 5.28. The highest BCUT2D eigenvalue weighted by atomic mass is 16.6. The van der Waals surface area contributed by atoms with Gasteiger partial charge in [0.2, 0.25) is 0 Å². The van der Waals surface area contributed by atoms with Gasteiger partial charge in [0.05, 0.1) is 12.7 Å². The molecule has 0 amide bonds. The number of rotatable bonds is 3. The number of likely N-dealkylation sites (tertiary alicyclic amines) is 1. The highest BCUT2D eigenvalue weighted by Crippen LogP contribution is 2.25. The number of epoxide rings is 1. The molecule has 2 rings (SSSR count). The number of ether oxygens (including phenoxy) is 1. The Morgan fingerprint density at radius 2 is 2.07 bits per heavy atom. The van der Waals surface area contributed by atoms with Gasteiger partial charge in [-0.1, -0.05) is 13.8 Å². The van der Waals surface area contributed by atoms with E-state index >= 15 is 0 Å². The lowest BCUT2D eigenvalue weighted by molar-refractivity contribution is 0.243. The van der Waals surface area contributed by atoms with E-state index in [0.29, 0.717) is 6.10 Å². The summed E-state index contributed by atoms with van der Waals surface area (Å²) in [6.07, 6.45) is 4.78. The van der Waals surface area contributed by atoms with Crippen molar-refractivity contribution in [2.24, 2.45) is 11.8 Å². The zero-order chi connectivity index (χ0) is 9.97. The largest absolute Gasteiger partial charge is 0.372 e. The Balaban J connectivity index is 1.75. The first-order valence-electron chi connectivity index (χ1n) is 6.09. The van der Waals surface area contributed by atoms with Crippen LogP contribution in [-0.4, -0.2) is 37.2 Å². The average Bonchev–Trinajstić information content (AvgIpc) is 2.92. The molecule has 0 aromatic carbocycles. The minimum absolute atomic E-state index is 0.575. The fourth-order valence-electron chi connectivity index (χ4n) is 2.49. The van der Waals surface area contributed by atoms with Gasteiger partial charge < -0.3 is 9.64 Å². The van der Waals surface area contributed by atoms with Gasteiger partial charge in [0.25, 0.3) is 0 Å². The summed E-state index contributed by atoms with van der Waals surface area (Å²) in [5.74, 6) is 1.83. The Morgan fingerprint density at radius 3 is 2.71 bits per heavy atom. The van der Waals surface area contributed by atoms with Crippen LogP contribution in [0.3, 0.4) is 0 Å². The molecule has 2 fully saturated rings. The van der Waals surface area contributed by atoms with E-state index in [1.54, 1.807) is 0 Å². The molecule has 0 aromatic heterocycles. The van der Waals surface area contributed by atoms with Gasteiger partial charge >= 0.3 is 0 Å². The zero-order valence-corrected chi connectivity index (χ0v) is 9.54. The van der Waals surface area contributed by atoms with Crippen molar-refractivity contribution in [3.8, 4) is 0 Å². The quantitative estimate of drug-likeness (QED) is 0.644. The van der Waals surface area contributed by atoms with Gasteiger partial charge in [-0.3, -0.25) is 0 Å². The van der Waals surface area contributed by atoms with E-state index in [1.807, 2.05) is 0 Å². The number of hydrogen-bond acceptors (Lipinski definition) is 2. The van der Waals surface area contributed by atoms with Gasteiger partial charge in [-0.05, 0) is 44.2 Å². The first-order valence-corrected chi connectivity index (χ1v) is 6.09. The molecule has 0 radical (unpaired) electrons. The normalized spacial score (nSPS) is 34.5. The molecule has 2 heterocycles. The number of nitrogens with zero attached hydrogens (tertiary/aromatic N) is 1. The Morgan fingerprint density at radius 1 is 1.29 bits per heavy atom. The summed E-state index contributed by atoms with van der Waals surface area (Å²) in [5, 5.41) is 0. The third kappa shape index (κ3) is 2.96. The van der Waals surface area contributed by atoms with Crippen molar-refractivity contribution in [2.45, 2.75) is 39.2 Å². The summed E-state index contributed by atoms with van der Waals surface area (Å²) in [6, 6.07) is 0. The van der Waals surface area contributed by atoms with Gasteiger partial charge in [0.1, 0.15) is 0 Å². The van der Waals surface area contributed by atoms with Gasteiger partial charge in [-0.25, -0.2) is 0 Å². The molecule has 0 saturated carbocycles. The lowest BCUT2D eigenvalue weighted by Crippen LogP contribution is -2.29. The lowest BCUT2D eigenvalue weighted by atomic mass is 9.89. The van der Waals surface area contributed by atoms with E-state index in [1.165, 1.54) is 38.9 Å². The molecular weight excluding hydrogens is 174 g/mol. The zero-order valence-electron chi connectivity index (χ0n) is 9.54. The van der Waals surface area contributed by atoms with Crippen LogP contribution in [0.5, 0.6) is 0 Å². The van der Waals surface area contributed by atoms with Crippen molar-refractivity contribution in [3.05, 3.63) is 0 Å². The second kappa shape index (κ2) is 4.63. The fourth-order valence-corrected chi connectivity index (χ4v) is 2.49. The van der Waals surface area contributed by atoms with Crippen LogP contribution in [0, 0.1) is 11.8 Å². The van der Waals surface area contributed by atoms with Crippen molar-refractivity contribution >= 4 is 0 Å². The Kier molecular flexibility index (Phi) is 3.45. The van der Waals surface area contributed by atoms with Crippen LogP contribution in [0.2, 0.25) is 0 Å². The molecule has 2 aliphatic rings. The molecule has 82 valence electrons. The van der Waals surface area contributed by atoms with Crippen LogP contribution in [0.1, 0.15) is 33.1 Å². The highest BCUT2D eigenvalue weighted by Gasteiger charge is 2.27. The minimum atomic E-state index is 0.575. The van der Waals surface area contributed by atoms with E-state index in [2.05, 4.69) is 18.7 Å². The molecule has 0 aromatic rings. The standard InChI is InChI=1S/C12H23NO/c1-10(2)11-4-3-6-13(7-5-11)8-12-9-14-12/h10-12H,3-9H2,1-2H3. The maximum atomic E-state index is 5.28. The second-order valence-electron chi connectivity index (χ2n) is 5.19. The third-order valence-electron chi connectivity index (χ3n) is 3.67. The van der Waals surface area contributed by atoms with Crippen molar-refractivity contribution in [2.75, 3.05) is 26.2 Å². The van der Waals surface area contributed by atoms with Crippen LogP contribution in [0.15, 0.2) is 0 Å². The molecule has 2 aliphatic heterocycles. The highest BCUT2D eigenvalue weighted by molar-refractivity contribution is 4.78. The van der Waals surface area contributed by atoms with Gasteiger partial charge in [0, 0.05) is 6.54 Å². The van der Waals surface area contributed by atoms with Crippen molar-refractivity contribution in [1.29, 1.82) is 0 Å². The summed E-state index contributed by atoms with van der Waals surface area (Å²) in [7, 11) is 0. The van der Waals surface area contributed by atoms with Crippen LogP contribution in [-0.2, 0) is 4.74 Å². The predicted molar refractivity (Wildman–Crippen MR) is 58.4 cm³/mol. The summed E-state index contributed by atoms with van der Waals surface area (Å²) in [5.41, 5.74) is 0. The predicted octanol–water partition coefficient (Wildman–Crippen LogP) is 2.14. The third-order valence-corrected chi connectivity index (χ3v) is 3.67. The van der Waals surface area contributed by atoms with Crippen LogP contribution < -0.4 is 0 Å². The minimum Gasteiger partial charge on any atom is -0.372 e. The first kappa shape index (κ1) is 10.4. The molecule has 2 heteroatoms. The van der Waals surface area contributed by atoms with Crippen LogP contribution in [0.4, 0.5) is 0 Å². The molecule has 14 heavy (non-hydrogen) atoms. The molecular formula is C12H23NO. The lowest BCUT2D eigenvalue weighted by Gasteiger charge is -2.20. The maximum absolute atomic E-state index is 5.28. The van der Waals surface area contributed by atoms with Crippen molar-refractivity contribution in [1.82, 2.24) is 4.90 Å². The van der Waals surface area contributed by atoms with Crippen molar-refractivity contribution < 1.29 is 4.74 Å². The Bertz CT molecular complexity index is 177. The second-order valence-corrected chi connectivity index (χ2v) is 5.19. The summed E-state index contributed by atoms with van der Waals surface area (Å²) in [4.78, 5) is 2.60. The SMILES string of the molecule is CC(C)C1CCCN(CC2CO2)CC1. The molecule has 2 nitrogen and oxygen atoms in total. The molecule has 0 aliphatic carbocycles. The van der Waals surface area contributed by atoms with Gasteiger partial charge in [-0.2, -0.15) is 0 Å². The average molecular weight is 197 g/mol. The van der Waals surface area contributed by atoms with E-state index in [4.69, 9.17) is 4.74 Å². The van der Waals surface area contributed by atoms with Crippen LogP contribution in [0.25, 0.3) is 0 Å². The smallest absolute Gasteiger partial charge is 0.0936 e. The van der Waals surface area contributed by atoms with E-state index in [9.17, 15) is 0 Å². The topological polar surface area (TPSA) is 15.8 Å². The maximum Gasteiger partial charge on any atom is 0.0936 e. The van der Waals surface area contributed by atoms with E-state index in [0.717, 1.165) is 18.4 Å². The Hall–Kier alpha value is -0.0800. The summed E-state index contributed by atoms with van der Waals surface area (Å²) in [6.45, 7) is 9.51. The monoisotopic (exact) mass is 197 g/mol.